The van der Waals surface area contributed by atoms with Crippen molar-refractivity contribution in [1.29, 1.82) is 5.26 Å². The molecule has 0 atom stereocenters. The Hall–Kier alpha value is -2.67. The molecule has 0 spiro atoms. The van der Waals surface area contributed by atoms with Crippen LogP contribution in [0.5, 0.6) is 5.75 Å². The minimum atomic E-state index is -0.489. The second-order valence-electron chi connectivity index (χ2n) is 3.70. The van der Waals surface area contributed by atoms with Crippen LogP contribution >= 0.6 is 0 Å². The van der Waals surface area contributed by atoms with E-state index in [1.54, 1.807) is 0 Å². The van der Waals surface area contributed by atoms with Crippen LogP contribution in [0.1, 0.15) is 15.9 Å². The monoisotopic (exact) mass is 241 g/mol. The first-order valence-corrected chi connectivity index (χ1v) is 5.14. The third kappa shape index (κ3) is 2.06. The lowest BCUT2D eigenvalue weighted by Crippen LogP contribution is -1.89. The van der Waals surface area contributed by atoms with E-state index in [-0.39, 0.29) is 16.9 Å². The van der Waals surface area contributed by atoms with Gasteiger partial charge >= 0.3 is 0 Å². The summed E-state index contributed by atoms with van der Waals surface area (Å²) in [5.41, 5.74) is 1.06. The summed E-state index contributed by atoms with van der Waals surface area (Å²) in [7, 11) is 0. The Labute approximate surface area is 103 Å². The Kier molecular flexibility index (Phi) is 3.07. The average molecular weight is 241 g/mol. The van der Waals surface area contributed by atoms with E-state index < -0.39 is 5.82 Å². The van der Waals surface area contributed by atoms with Gasteiger partial charge in [-0.15, -0.1) is 0 Å². The maximum Gasteiger partial charge on any atom is 0.153 e. The molecule has 1 N–H and O–H groups in total. The fourth-order valence-corrected chi connectivity index (χ4v) is 1.63. The molecule has 4 heteroatoms. The predicted molar refractivity (Wildman–Crippen MR) is 63.6 cm³/mol. The maximum atomic E-state index is 13.7. The number of benzene rings is 2. The van der Waals surface area contributed by atoms with E-state index in [0.29, 0.717) is 17.4 Å². The van der Waals surface area contributed by atoms with Crippen molar-refractivity contribution in [2.24, 2.45) is 0 Å². The first-order chi connectivity index (χ1) is 8.65. The number of carbonyl (C=O) groups excluding carboxylic acids is 1. The summed E-state index contributed by atoms with van der Waals surface area (Å²) >= 11 is 0. The predicted octanol–water partition coefficient (Wildman–Crippen LogP) is 2.88. The molecule has 0 saturated heterocycles. The molecular weight excluding hydrogens is 233 g/mol. The number of hydrogen-bond acceptors (Lipinski definition) is 3. The molecule has 0 amide bonds. The molecule has 3 nitrogen and oxygen atoms in total. The summed E-state index contributed by atoms with van der Waals surface area (Å²) in [4.78, 5) is 10.7. The highest BCUT2D eigenvalue weighted by Crippen LogP contribution is 2.27. The van der Waals surface area contributed by atoms with Crippen LogP contribution in [0.15, 0.2) is 36.4 Å². The topological polar surface area (TPSA) is 61.1 Å². The minimum absolute atomic E-state index is 0.0780. The summed E-state index contributed by atoms with van der Waals surface area (Å²) < 4.78 is 13.7. The van der Waals surface area contributed by atoms with Crippen LogP contribution < -0.4 is 0 Å². The smallest absolute Gasteiger partial charge is 0.153 e. The first kappa shape index (κ1) is 11.8. The molecule has 0 aliphatic carbocycles. The van der Waals surface area contributed by atoms with Crippen molar-refractivity contribution < 1.29 is 14.3 Å². The van der Waals surface area contributed by atoms with Gasteiger partial charge in [0, 0.05) is 5.56 Å². The number of nitriles is 1. The molecule has 18 heavy (non-hydrogen) atoms. The van der Waals surface area contributed by atoms with Crippen LogP contribution in [0.3, 0.4) is 0 Å². The molecule has 0 aromatic heterocycles. The van der Waals surface area contributed by atoms with Gasteiger partial charge in [-0.2, -0.15) is 5.26 Å². The lowest BCUT2D eigenvalue weighted by atomic mass is 10.0. The van der Waals surface area contributed by atoms with E-state index in [4.69, 9.17) is 5.26 Å². The van der Waals surface area contributed by atoms with Gasteiger partial charge in [-0.3, -0.25) is 4.79 Å². The average Bonchev–Trinajstić information content (AvgIpc) is 2.40. The van der Waals surface area contributed by atoms with Gasteiger partial charge < -0.3 is 5.11 Å². The third-order valence-electron chi connectivity index (χ3n) is 2.56. The van der Waals surface area contributed by atoms with E-state index in [1.807, 2.05) is 6.07 Å². The molecule has 0 bridgehead atoms. The zero-order valence-electron chi connectivity index (χ0n) is 9.22. The van der Waals surface area contributed by atoms with Crippen molar-refractivity contribution in [3.63, 3.8) is 0 Å². The second-order valence-corrected chi connectivity index (χ2v) is 3.70. The van der Waals surface area contributed by atoms with Crippen molar-refractivity contribution in [3.05, 3.63) is 53.3 Å². The summed E-state index contributed by atoms with van der Waals surface area (Å²) in [5, 5.41) is 18.2. The Morgan fingerprint density at radius 3 is 2.67 bits per heavy atom. The van der Waals surface area contributed by atoms with Gasteiger partial charge in [0.15, 0.2) is 6.29 Å². The zero-order valence-corrected chi connectivity index (χ0v) is 9.22. The van der Waals surface area contributed by atoms with Crippen LogP contribution in [0.2, 0.25) is 0 Å². The van der Waals surface area contributed by atoms with Crippen LogP contribution in [0.4, 0.5) is 4.39 Å². The number of hydrogen-bond donors (Lipinski definition) is 1. The zero-order chi connectivity index (χ0) is 13.1. The minimum Gasteiger partial charge on any atom is -0.507 e. The highest BCUT2D eigenvalue weighted by atomic mass is 19.1. The normalized spacial score (nSPS) is 9.78. The van der Waals surface area contributed by atoms with Crippen molar-refractivity contribution in [2.45, 2.75) is 0 Å². The molecule has 0 unspecified atom stereocenters. The largest absolute Gasteiger partial charge is 0.507 e. The van der Waals surface area contributed by atoms with E-state index in [0.717, 1.165) is 0 Å². The van der Waals surface area contributed by atoms with Gasteiger partial charge in [-0.05, 0) is 35.9 Å². The first-order valence-electron chi connectivity index (χ1n) is 5.14. The lowest BCUT2D eigenvalue weighted by molar-refractivity contribution is 0.112. The SMILES string of the molecule is N#Cc1ccc(F)c(-c2ccc(O)c(C=O)c2)c1. The molecule has 88 valence electrons. The fraction of sp³-hybridized carbons (Fsp3) is 0. The standard InChI is InChI=1S/C14H8FNO2/c15-13-3-1-9(7-16)5-12(13)10-2-4-14(18)11(6-10)8-17/h1-6,8,18H. The van der Waals surface area contributed by atoms with Crippen LogP contribution in [-0.2, 0) is 0 Å². The Morgan fingerprint density at radius 1 is 1.22 bits per heavy atom. The van der Waals surface area contributed by atoms with E-state index in [2.05, 4.69) is 0 Å². The van der Waals surface area contributed by atoms with Gasteiger partial charge in [-0.1, -0.05) is 6.07 Å². The van der Waals surface area contributed by atoms with Crippen LogP contribution in [-0.4, -0.2) is 11.4 Å². The second kappa shape index (κ2) is 4.68. The number of halogens is 1. The molecule has 2 aromatic rings. The molecule has 0 aliphatic rings. The Balaban J connectivity index is 2.62. The Morgan fingerprint density at radius 2 is 2.00 bits per heavy atom. The summed E-state index contributed by atoms with van der Waals surface area (Å²) in [6, 6.07) is 10.1. The van der Waals surface area contributed by atoms with Crippen LogP contribution in [0.25, 0.3) is 11.1 Å². The van der Waals surface area contributed by atoms with Gasteiger partial charge in [0.1, 0.15) is 11.6 Å². The lowest BCUT2D eigenvalue weighted by Gasteiger charge is -2.06. The maximum absolute atomic E-state index is 13.7. The molecule has 0 fully saturated rings. The molecular formula is C14H8FNO2. The van der Waals surface area contributed by atoms with Gasteiger partial charge in [0.25, 0.3) is 0 Å². The number of phenolic OH excluding ortho intramolecular Hbond substituents is 1. The highest BCUT2D eigenvalue weighted by Gasteiger charge is 2.09. The van der Waals surface area contributed by atoms with Crippen molar-refractivity contribution in [1.82, 2.24) is 0 Å². The van der Waals surface area contributed by atoms with Crippen molar-refractivity contribution in [3.8, 4) is 22.9 Å². The molecule has 0 saturated carbocycles. The van der Waals surface area contributed by atoms with Crippen LogP contribution in [0, 0.1) is 17.1 Å². The number of aromatic hydroxyl groups is 1. The molecule has 0 radical (unpaired) electrons. The molecule has 0 aliphatic heterocycles. The molecule has 2 rings (SSSR count). The third-order valence-corrected chi connectivity index (χ3v) is 2.56. The molecule has 0 heterocycles. The van der Waals surface area contributed by atoms with Gasteiger partial charge in [0.2, 0.25) is 0 Å². The van der Waals surface area contributed by atoms with E-state index >= 15 is 0 Å². The number of phenols is 1. The number of rotatable bonds is 2. The van der Waals surface area contributed by atoms with E-state index in [9.17, 15) is 14.3 Å². The number of nitrogens with zero attached hydrogens (tertiary/aromatic N) is 1. The Bertz CT molecular complexity index is 659. The summed E-state index contributed by atoms with van der Waals surface area (Å²) in [6.45, 7) is 0. The molecule has 2 aromatic carbocycles. The number of carbonyl (C=O) groups is 1. The highest BCUT2D eigenvalue weighted by molar-refractivity contribution is 5.83. The van der Waals surface area contributed by atoms with Crippen molar-refractivity contribution in [2.75, 3.05) is 0 Å². The number of aldehydes is 1. The van der Waals surface area contributed by atoms with E-state index in [1.165, 1.54) is 36.4 Å². The summed E-state index contributed by atoms with van der Waals surface area (Å²) in [5.74, 6) is -0.651. The van der Waals surface area contributed by atoms with Gasteiger partial charge in [-0.25, -0.2) is 4.39 Å². The van der Waals surface area contributed by atoms with Gasteiger partial charge in [0.05, 0.1) is 17.2 Å². The van der Waals surface area contributed by atoms with Crippen molar-refractivity contribution >= 4 is 6.29 Å². The fourth-order valence-electron chi connectivity index (χ4n) is 1.63. The quantitative estimate of drug-likeness (QED) is 0.822. The summed E-state index contributed by atoms with van der Waals surface area (Å²) in [6.07, 6.45) is 0.491.